The molecule has 0 atom stereocenters. The smallest absolute Gasteiger partial charge is 0.416 e. The van der Waals surface area contributed by atoms with E-state index in [2.05, 4.69) is 5.32 Å². The Hall–Kier alpha value is -2.86. The van der Waals surface area contributed by atoms with Crippen LogP contribution in [-0.2, 0) is 4.74 Å². The average molecular weight is 354 g/mol. The Balaban J connectivity index is 1.66. The molecule has 0 unspecified atom stereocenters. The topological polar surface area (TPSA) is 78.9 Å². The third-order valence-electron chi connectivity index (χ3n) is 4.49. The second-order valence-corrected chi connectivity index (χ2v) is 6.27. The fourth-order valence-corrected chi connectivity index (χ4v) is 3.00. The fraction of sp³-hybridized carbons (Fsp3) is 0.300. The molecule has 0 aliphatic carbocycles. The summed E-state index contributed by atoms with van der Waals surface area (Å²) in [6.07, 6.45) is 0.848. The highest BCUT2D eigenvalue weighted by atomic mass is 16.5. The van der Waals surface area contributed by atoms with Crippen molar-refractivity contribution in [1.82, 2.24) is 5.32 Å². The van der Waals surface area contributed by atoms with Crippen molar-refractivity contribution >= 4 is 23.4 Å². The van der Waals surface area contributed by atoms with Crippen molar-refractivity contribution in [2.24, 2.45) is 5.92 Å². The highest BCUT2D eigenvalue weighted by Crippen LogP contribution is 2.25. The maximum absolute atomic E-state index is 12.3. The summed E-state index contributed by atoms with van der Waals surface area (Å²) in [7, 11) is 0. The van der Waals surface area contributed by atoms with E-state index in [-0.39, 0.29) is 5.91 Å². The first-order valence-corrected chi connectivity index (χ1v) is 8.69. The molecule has 0 radical (unpaired) electrons. The second-order valence-electron chi connectivity index (χ2n) is 6.27. The number of carbonyl (C=O) groups excluding carboxylic acids is 1. The van der Waals surface area contributed by atoms with Crippen LogP contribution >= 0.6 is 0 Å². The molecule has 1 fully saturated rings. The zero-order valence-electron chi connectivity index (χ0n) is 14.4. The van der Waals surface area contributed by atoms with Gasteiger partial charge in [0, 0.05) is 25.3 Å². The number of rotatable bonds is 5. The number of nitrogens with zero attached hydrogens (tertiary/aromatic N) is 1. The van der Waals surface area contributed by atoms with Crippen molar-refractivity contribution in [3.63, 3.8) is 0 Å². The van der Waals surface area contributed by atoms with Gasteiger partial charge in [0.2, 0.25) is 0 Å². The van der Waals surface area contributed by atoms with Crippen molar-refractivity contribution in [3.8, 4) is 0 Å². The normalized spacial score (nSPS) is 14.6. The van der Waals surface area contributed by atoms with Gasteiger partial charge >= 0.3 is 6.09 Å². The first-order chi connectivity index (χ1) is 12.6. The number of hydrogen-bond donors (Lipinski definition) is 2. The van der Waals surface area contributed by atoms with E-state index in [4.69, 9.17) is 4.74 Å². The van der Waals surface area contributed by atoms with Crippen LogP contribution in [0, 0.1) is 5.92 Å². The number of carboxylic acid groups (broad SMARTS) is 1. The summed E-state index contributed by atoms with van der Waals surface area (Å²) in [5, 5.41) is 12.5. The maximum Gasteiger partial charge on any atom is 0.416 e. The Morgan fingerprint density at radius 2 is 1.62 bits per heavy atom. The fourth-order valence-electron chi connectivity index (χ4n) is 3.00. The standard InChI is InChI=1S/C20H22N2O4/c23-19(21-14-15-10-12-26-13-11-15)16-6-8-18(9-7-16)22(20(24)25)17-4-2-1-3-5-17/h1-9,15H,10-14H2,(H,21,23)(H,24,25). The molecule has 1 aliphatic rings. The van der Waals surface area contributed by atoms with Crippen LogP contribution in [0.5, 0.6) is 0 Å². The minimum Gasteiger partial charge on any atom is -0.464 e. The lowest BCUT2D eigenvalue weighted by molar-refractivity contribution is 0.0642. The van der Waals surface area contributed by atoms with Gasteiger partial charge in [0.25, 0.3) is 5.91 Å². The number of hydrogen-bond acceptors (Lipinski definition) is 3. The summed E-state index contributed by atoms with van der Waals surface area (Å²) in [6.45, 7) is 2.13. The molecule has 2 amide bonds. The largest absolute Gasteiger partial charge is 0.464 e. The lowest BCUT2D eigenvalue weighted by atomic mass is 10.0. The number of anilines is 2. The minimum absolute atomic E-state index is 0.148. The summed E-state index contributed by atoms with van der Waals surface area (Å²) >= 11 is 0. The molecule has 2 aromatic rings. The quantitative estimate of drug-likeness (QED) is 0.859. The average Bonchev–Trinajstić information content (AvgIpc) is 2.68. The molecule has 2 N–H and O–H groups in total. The molecule has 0 bridgehead atoms. The SMILES string of the molecule is O=C(NCC1CCOCC1)c1ccc(N(C(=O)O)c2ccccc2)cc1. The van der Waals surface area contributed by atoms with Gasteiger partial charge in [0.15, 0.2) is 0 Å². The minimum atomic E-state index is -1.08. The van der Waals surface area contributed by atoms with E-state index >= 15 is 0 Å². The third kappa shape index (κ3) is 4.40. The molecule has 136 valence electrons. The molecule has 6 nitrogen and oxygen atoms in total. The Labute approximate surface area is 152 Å². The van der Waals surface area contributed by atoms with Crippen LogP contribution < -0.4 is 10.2 Å². The Bertz CT molecular complexity index is 740. The van der Waals surface area contributed by atoms with Gasteiger partial charge in [-0.15, -0.1) is 0 Å². The van der Waals surface area contributed by atoms with Gasteiger partial charge < -0.3 is 15.2 Å². The second kappa shape index (κ2) is 8.49. The van der Waals surface area contributed by atoms with E-state index < -0.39 is 6.09 Å². The first kappa shape index (κ1) is 17.9. The van der Waals surface area contributed by atoms with Crippen LogP contribution in [0.4, 0.5) is 16.2 Å². The van der Waals surface area contributed by atoms with E-state index in [1.165, 1.54) is 4.90 Å². The molecule has 26 heavy (non-hydrogen) atoms. The monoisotopic (exact) mass is 354 g/mol. The predicted octanol–water partition coefficient (Wildman–Crippen LogP) is 3.66. The lowest BCUT2D eigenvalue weighted by Gasteiger charge is -2.22. The van der Waals surface area contributed by atoms with Crippen molar-refractivity contribution in [2.75, 3.05) is 24.7 Å². The van der Waals surface area contributed by atoms with Gasteiger partial charge in [0.05, 0.1) is 11.4 Å². The molecule has 1 heterocycles. The van der Waals surface area contributed by atoms with Gasteiger partial charge in [-0.25, -0.2) is 9.69 Å². The first-order valence-electron chi connectivity index (χ1n) is 8.69. The highest BCUT2D eigenvalue weighted by Gasteiger charge is 2.18. The Morgan fingerprint density at radius 3 is 2.23 bits per heavy atom. The van der Waals surface area contributed by atoms with Crippen molar-refractivity contribution in [1.29, 1.82) is 0 Å². The van der Waals surface area contributed by atoms with Gasteiger partial charge in [-0.2, -0.15) is 0 Å². The summed E-state index contributed by atoms with van der Waals surface area (Å²) in [4.78, 5) is 25.1. The molecular formula is C20H22N2O4. The Morgan fingerprint density at radius 1 is 1.00 bits per heavy atom. The van der Waals surface area contributed by atoms with Crippen LogP contribution in [0.25, 0.3) is 0 Å². The number of carbonyl (C=O) groups is 2. The van der Waals surface area contributed by atoms with Gasteiger partial charge in [0.1, 0.15) is 0 Å². The molecule has 0 saturated carbocycles. The van der Waals surface area contributed by atoms with Crippen LogP contribution in [-0.4, -0.2) is 36.9 Å². The summed E-state index contributed by atoms with van der Waals surface area (Å²) in [5.74, 6) is 0.303. The number of para-hydroxylation sites is 1. The maximum atomic E-state index is 12.3. The lowest BCUT2D eigenvalue weighted by Crippen LogP contribution is -2.32. The van der Waals surface area contributed by atoms with Crippen molar-refractivity contribution in [2.45, 2.75) is 12.8 Å². The number of amides is 2. The van der Waals surface area contributed by atoms with Gasteiger partial charge in [-0.05, 0) is 55.2 Å². The molecule has 0 aromatic heterocycles. The molecule has 2 aromatic carbocycles. The van der Waals surface area contributed by atoms with Crippen LogP contribution in [0.3, 0.4) is 0 Å². The Kier molecular flexibility index (Phi) is 5.86. The van der Waals surface area contributed by atoms with E-state index in [9.17, 15) is 14.7 Å². The summed E-state index contributed by atoms with van der Waals surface area (Å²) < 4.78 is 5.32. The van der Waals surface area contributed by atoms with E-state index in [1.54, 1.807) is 48.5 Å². The number of nitrogens with one attached hydrogen (secondary N) is 1. The van der Waals surface area contributed by atoms with Crippen molar-refractivity contribution < 1.29 is 19.4 Å². The molecule has 3 rings (SSSR count). The zero-order chi connectivity index (χ0) is 18.4. The third-order valence-corrected chi connectivity index (χ3v) is 4.49. The number of ether oxygens (including phenoxy) is 1. The molecular weight excluding hydrogens is 332 g/mol. The van der Waals surface area contributed by atoms with Crippen LogP contribution in [0.15, 0.2) is 54.6 Å². The molecule has 1 aliphatic heterocycles. The molecule has 6 heteroatoms. The van der Waals surface area contributed by atoms with Crippen LogP contribution in [0.2, 0.25) is 0 Å². The predicted molar refractivity (Wildman–Crippen MR) is 98.9 cm³/mol. The van der Waals surface area contributed by atoms with E-state index in [0.717, 1.165) is 26.1 Å². The van der Waals surface area contributed by atoms with Crippen LogP contribution in [0.1, 0.15) is 23.2 Å². The molecule has 1 saturated heterocycles. The zero-order valence-corrected chi connectivity index (χ0v) is 14.4. The van der Waals surface area contributed by atoms with Crippen molar-refractivity contribution in [3.05, 3.63) is 60.2 Å². The molecule has 0 spiro atoms. The summed E-state index contributed by atoms with van der Waals surface area (Å²) in [6, 6.07) is 15.4. The van der Waals surface area contributed by atoms with E-state index in [1.807, 2.05) is 6.07 Å². The van der Waals surface area contributed by atoms with Gasteiger partial charge in [-0.1, -0.05) is 18.2 Å². The summed E-state index contributed by atoms with van der Waals surface area (Å²) in [5.41, 5.74) is 1.56. The highest BCUT2D eigenvalue weighted by molar-refractivity contribution is 5.97. The van der Waals surface area contributed by atoms with Gasteiger partial charge in [-0.3, -0.25) is 4.79 Å². The number of benzene rings is 2. The van der Waals surface area contributed by atoms with E-state index in [0.29, 0.717) is 29.4 Å².